The molecule has 6 rings (SSSR count). The van der Waals surface area contributed by atoms with Crippen molar-refractivity contribution in [1.82, 2.24) is 15.0 Å². The van der Waals surface area contributed by atoms with E-state index in [-0.39, 0.29) is 0 Å². The van der Waals surface area contributed by atoms with Gasteiger partial charge in [0.25, 0.3) is 0 Å². The Bertz CT molecular complexity index is 1350. The Morgan fingerprint density at radius 1 is 0.531 bits per heavy atom. The maximum absolute atomic E-state index is 4.88. The van der Waals surface area contributed by atoms with Crippen molar-refractivity contribution in [3.8, 4) is 33.9 Å². The van der Waals surface area contributed by atoms with Crippen LogP contribution in [0.5, 0.6) is 0 Å². The van der Waals surface area contributed by atoms with Gasteiger partial charge < -0.3 is 0 Å². The van der Waals surface area contributed by atoms with Crippen LogP contribution in [0.2, 0.25) is 0 Å². The van der Waals surface area contributed by atoms with E-state index in [9.17, 15) is 0 Å². The van der Waals surface area contributed by atoms with Gasteiger partial charge in [0.1, 0.15) is 5.82 Å². The Kier molecular flexibility index (Phi) is 4.58. The van der Waals surface area contributed by atoms with E-state index < -0.39 is 0 Å². The molecule has 1 aliphatic rings. The molecule has 4 aromatic carbocycles. The Balaban J connectivity index is 1.47. The molecule has 3 heteroatoms. The van der Waals surface area contributed by atoms with Crippen molar-refractivity contribution in [2.45, 2.75) is 12.8 Å². The molecule has 0 fully saturated rings. The van der Waals surface area contributed by atoms with Crippen LogP contribution < -0.4 is 0 Å². The fourth-order valence-electron chi connectivity index (χ4n) is 4.52. The molecule has 3 nitrogen and oxygen atoms in total. The van der Waals surface area contributed by atoms with Gasteiger partial charge in [-0.3, -0.25) is 0 Å². The number of benzene rings is 4. The van der Waals surface area contributed by atoms with Crippen molar-refractivity contribution in [1.29, 1.82) is 0 Å². The molecule has 0 atom stereocenters. The van der Waals surface area contributed by atoms with Gasteiger partial charge >= 0.3 is 0 Å². The predicted octanol–water partition coefficient (Wildman–Crippen LogP) is 6.37. The van der Waals surface area contributed by atoms with Crippen LogP contribution in [0.1, 0.15) is 22.5 Å². The zero-order valence-electron chi connectivity index (χ0n) is 17.6. The fourth-order valence-corrected chi connectivity index (χ4v) is 4.52. The Hall–Kier alpha value is -4.11. The molecule has 0 saturated heterocycles. The van der Waals surface area contributed by atoms with E-state index >= 15 is 0 Å². The number of fused-ring (bicyclic) bond motifs is 3. The van der Waals surface area contributed by atoms with Crippen LogP contribution in [-0.2, 0) is 12.8 Å². The summed E-state index contributed by atoms with van der Waals surface area (Å²) in [5, 5.41) is 0. The maximum atomic E-state index is 4.88. The molecule has 5 aromatic rings. The molecule has 0 aliphatic heterocycles. The first-order chi connectivity index (χ1) is 15.8. The first-order valence-corrected chi connectivity index (χ1v) is 10.9. The molecule has 32 heavy (non-hydrogen) atoms. The lowest BCUT2D eigenvalue weighted by Gasteiger charge is -2.11. The van der Waals surface area contributed by atoms with Gasteiger partial charge in [0, 0.05) is 17.5 Å². The van der Waals surface area contributed by atoms with E-state index in [0.717, 1.165) is 23.4 Å². The van der Waals surface area contributed by atoms with Gasteiger partial charge in [-0.25, -0.2) is 15.0 Å². The first-order valence-electron chi connectivity index (χ1n) is 10.9. The van der Waals surface area contributed by atoms with E-state index in [1.165, 1.54) is 27.8 Å². The molecule has 1 aliphatic carbocycles. The summed E-state index contributed by atoms with van der Waals surface area (Å²) in [7, 11) is 0. The van der Waals surface area contributed by atoms with E-state index in [2.05, 4.69) is 42.5 Å². The monoisotopic (exact) mass is 411 g/mol. The van der Waals surface area contributed by atoms with Gasteiger partial charge in [-0.1, -0.05) is 103 Å². The molecule has 0 spiro atoms. The van der Waals surface area contributed by atoms with Crippen molar-refractivity contribution < 1.29 is 0 Å². The highest BCUT2D eigenvalue weighted by Gasteiger charge is 2.21. The minimum atomic E-state index is 0.666. The number of nitrogens with zero attached hydrogens (tertiary/aromatic N) is 3. The molecule has 0 bridgehead atoms. The third-order valence-corrected chi connectivity index (χ3v) is 6.00. The second kappa shape index (κ2) is 7.86. The van der Waals surface area contributed by atoms with E-state index in [1.54, 1.807) is 0 Å². The summed E-state index contributed by atoms with van der Waals surface area (Å²) in [6.45, 7) is 0. The number of aromatic nitrogens is 3. The predicted molar refractivity (Wildman–Crippen MR) is 128 cm³/mol. The normalized spacial score (nSPS) is 11.8. The minimum absolute atomic E-state index is 0.666. The van der Waals surface area contributed by atoms with Gasteiger partial charge in [-0.05, 0) is 34.2 Å². The molecule has 0 saturated carbocycles. The van der Waals surface area contributed by atoms with Crippen LogP contribution in [0.15, 0.2) is 103 Å². The van der Waals surface area contributed by atoms with Gasteiger partial charge in [-0.2, -0.15) is 0 Å². The summed E-state index contributed by atoms with van der Waals surface area (Å²) in [6.07, 6.45) is 1.65. The average molecular weight is 412 g/mol. The number of hydrogen-bond donors (Lipinski definition) is 0. The molecule has 152 valence electrons. The van der Waals surface area contributed by atoms with Crippen LogP contribution in [0.3, 0.4) is 0 Å². The Morgan fingerprint density at radius 3 is 1.81 bits per heavy atom. The highest BCUT2D eigenvalue weighted by molar-refractivity contribution is 5.79. The molecule has 0 radical (unpaired) electrons. The summed E-state index contributed by atoms with van der Waals surface area (Å²) in [5.74, 6) is 2.21. The third kappa shape index (κ3) is 3.38. The summed E-state index contributed by atoms with van der Waals surface area (Å²) in [5.41, 5.74) is 8.69. The maximum Gasteiger partial charge on any atom is 0.163 e. The number of hydrogen-bond acceptors (Lipinski definition) is 3. The second-order valence-electron chi connectivity index (χ2n) is 8.09. The van der Waals surface area contributed by atoms with Crippen molar-refractivity contribution in [3.63, 3.8) is 0 Å². The van der Waals surface area contributed by atoms with Crippen molar-refractivity contribution in [3.05, 3.63) is 126 Å². The highest BCUT2D eigenvalue weighted by atomic mass is 15.0. The first kappa shape index (κ1) is 18.6. The zero-order valence-corrected chi connectivity index (χ0v) is 17.6. The van der Waals surface area contributed by atoms with Crippen LogP contribution in [0.4, 0.5) is 0 Å². The van der Waals surface area contributed by atoms with Gasteiger partial charge in [-0.15, -0.1) is 0 Å². The third-order valence-electron chi connectivity index (χ3n) is 6.00. The highest BCUT2D eigenvalue weighted by Crippen LogP contribution is 2.39. The van der Waals surface area contributed by atoms with Gasteiger partial charge in [0.2, 0.25) is 0 Å². The van der Waals surface area contributed by atoms with Crippen LogP contribution in [-0.4, -0.2) is 15.0 Å². The molecular weight excluding hydrogens is 390 g/mol. The van der Waals surface area contributed by atoms with Crippen molar-refractivity contribution in [2.75, 3.05) is 0 Å². The summed E-state index contributed by atoms with van der Waals surface area (Å²) in [6, 6.07) is 35.5. The molecule has 1 aromatic heterocycles. The Morgan fingerprint density at radius 2 is 1.12 bits per heavy atom. The quantitative estimate of drug-likeness (QED) is 0.338. The molecule has 0 N–H and O–H groups in total. The van der Waals surface area contributed by atoms with Crippen LogP contribution in [0, 0.1) is 0 Å². The fraction of sp³-hybridized carbons (Fsp3) is 0.0690. The van der Waals surface area contributed by atoms with E-state index in [1.807, 2.05) is 60.7 Å². The summed E-state index contributed by atoms with van der Waals surface area (Å²) >= 11 is 0. The smallest absolute Gasteiger partial charge is 0.163 e. The SMILES string of the molecule is c1ccc(-c2nc(Cc3cccc4c3-c3ccccc3C4)nc(-c3ccccc3)n2)cc1. The second-order valence-corrected chi connectivity index (χ2v) is 8.09. The van der Waals surface area contributed by atoms with E-state index in [4.69, 9.17) is 15.0 Å². The average Bonchev–Trinajstić information content (AvgIpc) is 3.25. The zero-order chi connectivity index (χ0) is 21.3. The topological polar surface area (TPSA) is 38.7 Å². The standard InChI is InChI=1S/C29H21N3/c1-3-10-20(11-4-1)28-30-26(31-29(32-28)21-12-5-2-6-13-21)19-24-16-9-15-23-18-22-14-7-8-17-25(22)27(23)24/h1-17H,18-19H2. The largest absolute Gasteiger partial charge is 0.213 e. The van der Waals surface area contributed by atoms with Gasteiger partial charge in [0.05, 0.1) is 0 Å². The van der Waals surface area contributed by atoms with Crippen LogP contribution in [0.25, 0.3) is 33.9 Å². The lowest BCUT2D eigenvalue weighted by atomic mass is 9.97. The lowest BCUT2D eigenvalue weighted by Crippen LogP contribution is -2.04. The van der Waals surface area contributed by atoms with Gasteiger partial charge in [0.15, 0.2) is 11.6 Å². The van der Waals surface area contributed by atoms with Crippen molar-refractivity contribution >= 4 is 0 Å². The molecule has 0 amide bonds. The Labute approximate surface area is 187 Å². The summed E-state index contributed by atoms with van der Waals surface area (Å²) in [4.78, 5) is 14.6. The molecule has 0 unspecified atom stereocenters. The van der Waals surface area contributed by atoms with Crippen molar-refractivity contribution in [2.24, 2.45) is 0 Å². The minimum Gasteiger partial charge on any atom is -0.213 e. The summed E-state index contributed by atoms with van der Waals surface area (Å²) < 4.78 is 0. The van der Waals surface area contributed by atoms with Crippen LogP contribution >= 0.6 is 0 Å². The molecule has 1 heterocycles. The molecular formula is C29H21N3. The lowest BCUT2D eigenvalue weighted by molar-refractivity contribution is 0.933. The van der Waals surface area contributed by atoms with E-state index in [0.29, 0.717) is 18.1 Å². The number of rotatable bonds is 4.